The van der Waals surface area contributed by atoms with Gasteiger partial charge < -0.3 is 10.3 Å². The molecule has 204 valence electrons. The van der Waals surface area contributed by atoms with Crippen LogP contribution < -0.4 is 5.32 Å². The van der Waals surface area contributed by atoms with E-state index >= 15 is 0 Å². The highest BCUT2D eigenvalue weighted by Crippen LogP contribution is 2.34. The molecule has 1 aliphatic rings. The third-order valence-corrected chi connectivity index (χ3v) is 7.93. The van der Waals surface area contributed by atoms with Crippen molar-refractivity contribution in [1.29, 1.82) is 0 Å². The second-order valence-electron chi connectivity index (χ2n) is 10.7. The molecule has 6 aromatic rings. The summed E-state index contributed by atoms with van der Waals surface area (Å²) in [5.41, 5.74) is 7.20. The smallest absolute Gasteiger partial charge is 0.224 e. The molecule has 0 atom stereocenters. The molecule has 9 heteroatoms. The Hall–Kier alpha value is -4.92. The molecule has 0 unspecified atom stereocenters. The zero-order chi connectivity index (χ0) is 27.8. The van der Waals surface area contributed by atoms with E-state index in [2.05, 4.69) is 35.5 Å². The van der Waals surface area contributed by atoms with Crippen molar-refractivity contribution in [2.24, 2.45) is 5.92 Å². The summed E-state index contributed by atoms with van der Waals surface area (Å²) in [5.74, 6) is 0.227. The van der Waals surface area contributed by atoms with Gasteiger partial charge in [-0.1, -0.05) is 31.4 Å². The van der Waals surface area contributed by atoms with Crippen LogP contribution in [0.1, 0.15) is 38.5 Å². The van der Waals surface area contributed by atoms with Crippen molar-refractivity contribution in [3.8, 4) is 33.6 Å². The zero-order valence-corrected chi connectivity index (χ0v) is 22.3. The van der Waals surface area contributed by atoms with Gasteiger partial charge in [0, 0.05) is 52.5 Å². The number of pyridine rings is 3. The third kappa shape index (κ3) is 5.06. The van der Waals surface area contributed by atoms with E-state index in [1.165, 1.54) is 31.4 Å². The Bertz CT molecular complexity index is 1870. The molecule has 0 radical (unpaired) electrons. The van der Waals surface area contributed by atoms with Gasteiger partial charge in [-0.3, -0.25) is 19.9 Å². The van der Waals surface area contributed by atoms with Gasteiger partial charge in [-0.25, -0.2) is 9.37 Å². The third-order valence-electron chi connectivity index (χ3n) is 7.93. The van der Waals surface area contributed by atoms with Crippen molar-refractivity contribution in [3.05, 3.63) is 79.3 Å². The number of halogens is 1. The first-order valence-electron chi connectivity index (χ1n) is 13.9. The summed E-state index contributed by atoms with van der Waals surface area (Å²) in [6.07, 6.45) is 15.3. The lowest BCUT2D eigenvalue weighted by atomic mass is 9.87. The summed E-state index contributed by atoms with van der Waals surface area (Å²) >= 11 is 0. The summed E-state index contributed by atoms with van der Waals surface area (Å²) in [6, 6.07) is 12.4. The summed E-state index contributed by atoms with van der Waals surface area (Å²) in [6.45, 7) is 0. The number of carbonyl (C=O) groups is 1. The molecular formula is C32H28FN7O. The van der Waals surface area contributed by atoms with Crippen molar-refractivity contribution in [2.45, 2.75) is 38.5 Å². The van der Waals surface area contributed by atoms with Crippen LogP contribution in [0.2, 0.25) is 0 Å². The Kier molecular flexibility index (Phi) is 6.47. The first-order valence-corrected chi connectivity index (χ1v) is 13.9. The van der Waals surface area contributed by atoms with Gasteiger partial charge in [0.25, 0.3) is 0 Å². The molecule has 1 aromatic carbocycles. The number of nitrogens with zero attached hydrogens (tertiary/aromatic N) is 4. The maximum atomic E-state index is 13.5. The molecule has 0 spiro atoms. The van der Waals surface area contributed by atoms with Gasteiger partial charge in [0.1, 0.15) is 11.5 Å². The normalized spacial score (nSPS) is 14.1. The molecule has 3 N–H and O–H groups in total. The molecule has 7 rings (SSSR count). The lowest BCUT2D eigenvalue weighted by Gasteiger charge is -2.20. The summed E-state index contributed by atoms with van der Waals surface area (Å²) in [7, 11) is 0. The van der Waals surface area contributed by atoms with Crippen molar-refractivity contribution >= 4 is 33.5 Å². The quantitative estimate of drug-likeness (QED) is 0.204. The zero-order valence-electron chi connectivity index (χ0n) is 22.3. The maximum absolute atomic E-state index is 13.5. The number of H-pyrrole nitrogens is 2. The molecule has 1 fully saturated rings. The number of fused-ring (bicyclic) bond motifs is 2. The van der Waals surface area contributed by atoms with E-state index in [1.54, 1.807) is 43.1 Å². The van der Waals surface area contributed by atoms with Gasteiger partial charge >= 0.3 is 0 Å². The minimum Gasteiger partial charge on any atom is -0.352 e. The second kappa shape index (κ2) is 10.6. The number of aromatic nitrogens is 6. The number of hydrogen-bond donors (Lipinski definition) is 3. The first kappa shape index (κ1) is 25.1. The summed E-state index contributed by atoms with van der Waals surface area (Å²) < 4.78 is 13.5. The summed E-state index contributed by atoms with van der Waals surface area (Å²) in [5, 5.41) is 12.4. The number of hydrogen-bond acceptors (Lipinski definition) is 5. The molecule has 1 amide bonds. The number of aromatic amines is 2. The van der Waals surface area contributed by atoms with Gasteiger partial charge in [-0.2, -0.15) is 5.10 Å². The van der Waals surface area contributed by atoms with Crippen molar-refractivity contribution in [2.75, 3.05) is 5.32 Å². The standard InChI is InChI=1S/C32H28FN7O/c33-23-8-6-20(7-9-23)27-17-35-18-29-25(27)13-28(38-29)31-26-12-22(15-36-32(26)40-39-31)21-11-24(16-34-14-21)37-30(41)10-19-4-2-1-3-5-19/h6-9,11-19,38H,1-5,10H2,(H,37,41)(H,36,39,40). The van der Waals surface area contributed by atoms with E-state index < -0.39 is 0 Å². The van der Waals surface area contributed by atoms with Gasteiger partial charge in [0.05, 0.1) is 29.3 Å². The number of amides is 1. The molecule has 5 aromatic heterocycles. The van der Waals surface area contributed by atoms with Crippen LogP contribution in [-0.4, -0.2) is 36.0 Å². The molecule has 1 saturated carbocycles. The molecule has 0 bridgehead atoms. The van der Waals surface area contributed by atoms with Crippen molar-refractivity contribution in [3.63, 3.8) is 0 Å². The predicted molar refractivity (Wildman–Crippen MR) is 157 cm³/mol. The Morgan fingerprint density at radius 3 is 2.54 bits per heavy atom. The number of carbonyl (C=O) groups excluding carboxylic acids is 1. The van der Waals surface area contributed by atoms with Gasteiger partial charge in [-0.15, -0.1) is 0 Å². The average molecular weight is 546 g/mol. The topological polar surface area (TPSA) is 112 Å². The van der Waals surface area contributed by atoms with Crippen molar-refractivity contribution < 1.29 is 9.18 Å². The van der Waals surface area contributed by atoms with Crippen LogP contribution >= 0.6 is 0 Å². The van der Waals surface area contributed by atoms with Crippen molar-refractivity contribution in [1.82, 2.24) is 30.1 Å². The lowest BCUT2D eigenvalue weighted by Crippen LogP contribution is -2.18. The average Bonchev–Trinajstić information content (AvgIpc) is 3.62. The Morgan fingerprint density at radius 2 is 1.68 bits per heavy atom. The Balaban J connectivity index is 1.19. The fraction of sp³-hybridized carbons (Fsp3) is 0.219. The van der Waals surface area contributed by atoms with E-state index in [4.69, 9.17) is 0 Å². The van der Waals surface area contributed by atoms with Crippen LogP contribution in [0.25, 0.3) is 55.6 Å². The molecule has 8 nitrogen and oxygen atoms in total. The monoisotopic (exact) mass is 545 g/mol. The van der Waals surface area contributed by atoms with Gasteiger partial charge in [-0.05, 0) is 54.7 Å². The fourth-order valence-corrected chi connectivity index (χ4v) is 5.84. The van der Waals surface area contributed by atoms with E-state index in [0.29, 0.717) is 23.7 Å². The van der Waals surface area contributed by atoms with Crippen LogP contribution in [0.3, 0.4) is 0 Å². The summed E-state index contributed by atoms with van der Waals surface area (Å²) in [4.78, 5) is 29.5. The molecular weight excluding hydrogens is 517 g/mol. The first-order chi connectivity index (χ1) is 20.1. The largest absolute Gasteiger partial charge is 0.352 e. The molecule has 0 aliphatic heterocycles. The number of nitrogens with one attached hydrogen (secondary N) is 3. The van der Waals surface area contributed by atoms with E-state index in [-0.39, 0.29) is 11.7 Å². The van der Waals surface area contributed by atoms with Gasteiger partial charge in [0.2, 0.25) is 5.91 Å². The van der Waals surface area contributed by atoms with E-state index in [1.807, 2.05) is 18.2 Å². The van der Waals surface area contributed by atoms with Gasteiger partial charge in [0.15, 0.2) is 5.65 Å². The highest BCUT2D eigenvalue weighted by molar-refractivity contribution is 6.00. The number of rotatable bonds is 6. The molecule has 1 aliphatic carbocycles. The second-order valence-corrected chi connectivity index (χ2v) is 10.7. The van der Waals surface area contributed by atoms with Crippen LogP contribution in [0.4, 0.5) is 10.1 Å². The van der Waals surface area contributed by atoms with Crippen LogP contribution in [0.5, 0.6) is 0 Å². The highest BCUT2D eigenvalue weighted by atomic mass is 19.1. The van der Waals surface area contributed by atoms with Crippen LogP contribution in [-0.2, 0) is 4.79 Å². The van der Waals surface area contributed by atoms with E-state index in [9.17, 15) is 9.18 Å². The SMILES string of the molecule is O=C(CC1CCCCC1)Nc1cncc(-c2cnc3[nH]nc(-c4cc5c(-c6ccc(F)cc6)cncc5[nH]4)c3c2)c1. The molecule has 5 heterocycles. The number of benzene rings is 1. The number of anilines is 1. The lowest BCUT2D eigenvalue weighted by molar-refractivity contribution is -0.117. The van der Waals surface area contributed by atoms with Crippen LogP contribution in [0.15, 0.2) is 73.4 Å². The molecule has 41 heavy (non-hydrogen) atoms. The minimum atomic E-state index is -0.280. The van der Waals surface area contributed by atoms with Crippen LogP contribution in [0, 0.1) is 11.7 Å². The van der Waals surface area contributed by atoms with E-state index in [0.717, 1.165) is 62.8 Å². The Morgan fingerprint density at radius 1 is 0.878 bits per heavy atom. The predicted octanol–water partition coefficient (Wildman–Crippen LogP) is 7.28. The maximum Gasteiger partial charge on any atom is 0.224 e. The Labute approximate surface area is 235 Å². The highest BCUT2D eigenvalue weighted by Gasteiger charge is 2.18. The molecule has 0 saturated heterocycles. The minimum absolute atomic E-state index is 0.0369. The fourth-order valence-electron chi connectivity index (χ4n) is 5.84.